The Morgan fingerprint density at radius 3 is 2.43 bits per heavy atom. The quantitative estimate of drug-likeness (QED) is 0.566. The van der Waals surface area contributed by atoms with Gasteiger partial charge in [0.15, 0.2) is 0 Å². The Bertz CT molecular complexity index is 1160. The van der Waals surface area contributed by atoms with Gasteiger partial charge in [-0.1, -0.05) is 60.7 Å². The van der Waals surface area contributed by atoms with Crippen LogP contribution in [0.15, 0.2) is 78.9 Å². The molecule has 1 heterocycles. The molecule has 0 spiro atoms. The van der Waals surface area contributed by atoms with Gasteiger partial charge in [-0.3, -0.25) is 9.59 Å². The molecule has 4 aromatic rings. The van der Waals surface area contributed by atoms with Crippen LogP contribution in [0.3, 0.4) is 0 Å². The molecule has 3 N–H and O–H groups in total. The SMILES string of the molecule is NC(=O)CNC(=O)c1cc(-c2cccc3ccccc23)nn1-c1ccccc1. The first-order valence-corrected chi connectivity index (χ1v) is 8.83. The predicted octanol–water partition coefficient (Wildman–Crippen LogP) is 2.91. The van der Waals surface area contributed by atoms with Crippen LogP contribution >= 0.6 is 0 Å². The van der Waals surface area contributed by atoms with E-state index in [4.69, 9.17) is 5.73 Å². The van der Waals surface area contributed by atoms with Gasteiger partial charge in [-0.05, 0) is 29.0 Å². The molecule has 0 aliphatic carbocycles. The van der Waals surface area contributed by atoms with Crippen LogP contribution in [0.2, 0.25) is 0 Å². The highest BCUT2D eigenvalue weighted by Crippen LogP contribution is 2.29. The molecule has 138 valence electrons. The van der Waals surface area contributed by atoms with Crippen molar-refractivity contribution in [3.8, 4) is 16.9 Å². The van der Waals surface area contributed by atoms with Crippen molar-refractivity contribution in [2.24, 2.45) is 5.73 Å². The first-order valence-electron chi connectivity index (χ1n) is 8.83. The van der Waals surface area contributed by atoms with Gasteiger partial charge in [-0.2, -0.15) is 5.10 Å². The molecule has 0 unspecified atom stereocenters. The molecule has 0 atom stereocenters. The van der Waals surface area contributed by atoms with Crippen LogP contribution in [-0.2, 0) is 4.79 Å². The number of fused-ring (bicyclic) bond motifs is 1. The highest BCUT2D eigenvalue weighted by molar-refractivity contribution is 5.99. The Balaban J connectivity index is 1.85. The van der Waals surface area contributed by atoms with Crippen molar-refractivity contribution in [1.82, 2.24) is 15.1 Å². The summed E-state index contributed by atoms with van der Waals surface area (Å²) in [6.07, 6.45) is 0. The van der Waals surface area contributed by atoms with E-state index in [1.54, 1.807) is 10.7 Å². The van der Waals surface area contributed by atoms with E-state index in [-0.39, 0.29) is 6.54 Å². The minimum absolute atomic E-state index is 0.234. The van der Waals surface area contributed by atoms with Gasteiger partial charge in [0.05, 0.1) is 17.9 Å². The number of aromatic nitrogens is 2. The second-order valence-corrected chi connectivity index (χ2v) is 6.34. The third-order valence-electron chi connectivity index (χ3n) is 4.43. The van der Waals surface area contributed by atoms with Crippen molar-refractivity contribution >= 4 is 22.6 Å². The van der Waals surface area contributed by atoms with Gasteiger partial charge in [0.1, 0.15) is 5.69 Å². The lowest BCUT2D eigenvalue weighted by atomic mass is 10.0. The highest BCUT2D eigenvalue weighted by atomic mass is 16.2. The number of carbonyl (C=O) groups is 2. The molecular formula is C22H18N4O2. The third-order valence-corrected chi connectivity index (χ3v) is 4.43. The molecule has 0 saturated heterocycles. The number of nitrogens with zero attached hydrogens (tertiary/aromatic N) is 2. The van der Waals surface area contributed by atoms with Gasteiger partial charge in [0.2, 0.25) is 5.91 Å². The van der Waals surface area contributed by atoms with Crippen molar-refractivity contribution < 1.29 is 9.59 Å². The van der Waals surface area contributed by atoms with Crippen molar-refractivity contribution in [2.45, 2.75) is 0 Å². The lowest BCUT2D eigenvalue weighted by molar-refractivity contribution is -0.117. The number of para-hydroxylation sites is 1. The maximum absolute atomic E-state index is 12.7. The number of hydrogen-bond acceptors (Lipinski definition) is 3. The van der Waals surface area contributed by atoms with E-state index in [2.05, 4.69) is 10.4 Å². The number of rotatable bonds is 5. The smallest absolute Gasteiger partial charge is 0.270 e. The van der Waals surface area contributed by atoms with Crippen LogP contribution in [0.1, 0.15) is 10.5 Å². The maximum atomic E-state index is 12.7. The number of amides is 2. The maximum Gasteiger partial charge on any atom is 0.270 e. The zero-order valence-electron chi connectivity index (χ0n) is 15.0. The number of benzene rings is 3. The van der Waals surface area contributed by atoms with E-state index in [0.29, 0.717) is 11.4 Å². The van der Waals surface area contributed by atoms with Crippen LogP contribution in [0, 0.1) is 0 Å². The van der Waals surface area contributed by atoms with Crippen molar-refractivity contribution in [3.05, 3.63) is 84.6 Å². The highest BCUT2D eigenvalue weighted by Gasteiger charge is 2.18. The van der Waals surface area contributed by atoms with Crippen LogP contribution in [0.4, 0.5) is 0 Å². The Hall–Kier alpha value is -3.93. The normalized spacial score (nSPS) is 10.7. The van der Waals surface area contributed by atoms with E-state index in [1.807, 2.05) is 72.8 Å². The predicted molar refractivity (Wildman–Crippen MR) is 108 cm³/mol. The van der Waals surface area contributed by atoms with Crippen molar-refractivity contribution in [3.63, 3.8) is 0 Å². The number of nitrogens with one attached hydrogen (secondary N) is 1. The molecule has 0 saturated carbocycles. The van der Waals surface area contributed by atoms with Gasteiger partial charge >= 0.3 is 0 Å². The molecule has 0 aliphatic rings. The topological polar surface area (TPSA) is 90.0 Å². The fourth-order valence-electron chi connectivity index (χ4n) is 3.15. The molecule has 28 heavy (non-hydrogen) atoms. The van der Waals surface area contributed by atoms with Gasteiger partial charge in [-0.25, -0.2) is 4.68 Å². The molecule has 2 amide bonds. The van der Waals surface area contributed by atoms with E-state index in [0.717, 1.165) is 22.0 Å². The fraction of sp³-hybridized carbons (Fsp3) is 0.0455. The number of primary amides is 1. The molecular weight excluding hydrogens is 352 g/mol. The second kappa shape index (κ2) is 7.36. The van der Waals surface area contributed by atoms with E-state index >= 15 is 0 Å². The summed E-state index contributed by atoms with van der Waals surface area (Å²) in [6.45, 7) is -0.234. The molecule has 0 bridgehead atoms. The van der Waals surface area contributed by atoms with Gasteiger partial charge in [0, 0.05) is 5.56 Å². The van der Waals surface area contributed by atoms with Gasteiger partial charge in [-0.15, -0.1) is 0 Å². The summed E-state index contributed by atoms with van der Waals surface area (Å²) in [5, 5.41) is 9.36. The largest absolute Gasteiger partial charge is 0.368 e. The van der Waals surface area contributed by atoms with Crippen LogP contribution < -0.4 is 11.1 Å². The third kappa shape index (κ3) is 3.35. The van der Waals surface area contributed by atoms with E-state index in [9.17, 15) is 9.59 Å². The molecule has 0 radical (unpaired) electrons. The van der Waals surface area contributed by atoms with E-state index < -0.39 is 11.8 Å². The monoisotopic (exact) mass is 370 g/mol. The zero-order valence-corrected chi connectivity index (χ0v) is 15.0. The number of hydrogen-bond donors (Lipinski definition) is 2. The summed E-state index contributed by atoms with van der Waals surface area (Å²) in [6, 6.07) is 25.1. The van der Waals surface area contributed by atoms with Crippen LogP contribution in [0.5, 0.6) is 0 Å². The molecule has 0 aliphatic heterocycles. The number of nitrogens with two attached hydrogens (primary N) is 1. The summed E-state index contributed by atoms with van der Waals surface area (Å²) in [7, 11) is 0. The first kappa shape index (κ1) is 17.5. The fourth-order valence-corrected chi connectivity index (χ4v) is 3.15. The summed E-state index contributed by atoms with van der Waals surface area (Å²) in [5.74, 6) is -1.02. The Labute approximate surface area is 161 Å². The van der Waals surface area contributed by atoms with Crippen LogP contribution in [0.25, 0.3) is 27.7 Å². The first-order chi connectivity index (χ1) is 13.6. The molecule has 3 aromatic carbocycles. The Morgan fingerprint density at radius 1 is 0.929 bits per heavy atom. The summed E-state index contributed by atoms with van der Waals surface area (Å²) in [4.78, 5) is 23.7. The average Bonchev–Trinajstić information content (AvgIpc) is 3.17. The van der Waals surface area contributed by atoms with Gasteiger partial charge in [0.25, 0.3) is 5.91 Å². The molecule has 6 heteroatoms. The van der Waals surface area contributed by atoms with Crippen molar-refractivity contribution in [2.75, 3.05) is 6.54 Å². The average molecular weight is 370 g/mol. The zero-order chi connectivity index (χ0) is 19.5. The summed E-state index contributed by atoms with van der Waals surface area (Å²) < 4.78 is 1.58. The molecule has 0 fully saturated rings. The Kier molecular flexibility index (Phi) is 4.60. The lowest BCUT2D eigenvalue weighted by Gasteiger charge is -2.07. The van der Waals surface area contributed by atoms with E-state index in [1.165, 1.54) is 0 Å². The minimum atomic E-state index is -0.603. The lowest BCUT2D eigenvalue weighted by Crippen LogP contribution is -2.34. The molecule has 1 aromatic heterocycles. The number of carbonyl (C=O) groups excluding carboxylic acids is 2. The van der Waals surface area contributed by atoms with Gasteiger partial charge < -0.3 is 11.1 Å². The molecule has 4 rings (SSSR count). The standard InChI is InChI=1S/C22H18N4O2/c23-21(27)14-24-22(28)20-13-19(25-26(20)16-9-2-1-3-10-16)18-12-6-8-15-7-4-5-11-17(15)18/h1-13H,14H2,(H2,23,27)(H,24,28). The van der Waals surface area contributed by atoms with Crippen LogP contribution in [-0.4, -0.2) is 28.1 Å². The second-order valence-electron chi connectivity index (χ2n) is 6.34. The minimum Gasteiger partial charge on any atom is -0.368 e. The summed E-state index contributed by atoms with van der Waals surface area (Å²) in [5.41, 5.74) is 7.83. The Morgan fingerprint density at radius 2 is 1.64 bits per heavy atom. The summed E-state index contributed by atoms with van der Waals surface area (Å²) >= 11 is 0. The van der Waals surface area contributed by atoms with Crippen molar-refractivity contribution in [1.29, 1.82) is 0 Å². The molecule has 6 nitrogen and oxygen atoms in total.